The van der Waals surface area contributed by atoms with Gasteiger partial charge >= 0.3 is 5.97 Å². The van der Waals surface area contributed by atoms with Crippen molar-refractivity contribution in [1.29, 1.82) is 0 Å². The lowest BCUT2D eigenvalue weighted by Gasteiger charge is -2.49. The lowest BCUT2D eigenvalue weighted by atomic mass is 9.75. The molecule has 1 saturated heterocycles. The van der Waals surface area contributed by atoms with E-state index in [1.807, 2.05) is 39.0 Å². The molecule has 1 aromatic heterocycles. The minimum atomic E-state index is -0.997. The van der Waals surface area contributed by atoms with Crippen LogP contribution in [0, 0.1) is 13.8 Å². The Morgan fingerprint density at radius 3 is 2.42 bits per heavy atom. The monoisotopic (exact) mass is 482 g/mol. The quantitative estimate of drug-likeness (QED) is 0.348. The highest BCUT2D eigenvalue weighted by atomic mass is 16.4. The van der Waals surface area contributed by atoms with E-state index in [1.54, 1.807) is 24.3 Å². The standard InChI is InChI=1S/C30H30N2O4/c1-18-14-23(20(3)31-25-13-9-8-12-22(25)29(34)35)27-24(15-18)26(33)19(2)28(36-27)32-16-30(4,17-32)21-10-6-5-7-11-21/h5-15,20,31H,16-17H2,1-4H3,(H,34,35). The summed E-state index contributed by atoms with van der Waals surface area (Å²) < 4.78 is 6.50. The van der Waals surface area contributed by atoms with E-state index in [-0.39, 0.29) is 22.4 Å². The van der Waals surface area contributed by atoms with Crippen molar-refractivity contribution in [2.24, 2.45) is 0 Å². The number of carboxylic acids is 1. The van der Waals surface area contributed by atoms with E-state index in [9.17, 15) is 14.7 Å². The van der Waals surface area contributed by atoms with Crippen molar-refractivity contribution in [1.82, 2.24) is 0 Å². The topological polar surface area (TPSA) is 82.8 Å². The Hall–Kier alpha value is -4.06. The molecule has 0 aliphatic carbocycles. The van der Waals surface area contributed by atoms with Crippen molar-refractivity contribution in [3.63, 3.8) is 0 Å². The van der Waals surface area contributed by atoms with Crippen LogP contribution in [0.4, 0.5) is 11.6 Å². The maximum absolute atomic E-state index is 13.5. The Morgan fingerprint density at radius 1 is 1.06 bits per heavy atom. The summed E-state index contributed by atoms with van der Waals surface area (Å²) in [6.45, 7) is 9.47. The van der Waals surface area contributed by atoms with Crippen LogP contribution in [0.3, 0.4) is 0 Å². The minimum absolute atomic E-state index is 0.00722. The van der Waals surface area contributed by atoms with Gasteiger partial charge in [-0.2, -0.15) is 0 Å². The third kappa shape index (κ3) is 4.02. The van der Waals surface area contributed by atoms with Gasteiger partial charge in [-0.05, 0) is 50.1 Å². The Bertz CT molecular complexity index is 1520. The lowest BCUT2D eigenvalue weighted by Crippen LogP contribution is -2.58. The summed E-state index contributed by atoms with van der Waals surface area (Å²) in [5.41, 5.74) is 4.83. The first-order chi connectivity index (χ1) is 17.2. The smallest absolute Gasteiger partial charge is 0.337 e. The second-order valence-corrected chi connectivity index (χ2v) is 10.1. The van der Waals surface area contributed by atoms with E-state index in [4.69, 9.17) is 4.42 Å². The Kier molecular flexibility index (Phi) is 5.83. The van der Waals surface area contributed by atoms with Crippen molar-refractivity contribution in [3.8, 4) is 0 Å². The maximum Gasteiger partial charge on any atom is 0.337 e. The summed E-state index contributed by atoms with van der Waals surface area (Å²) in [4.78, 5) is 27.3. The Labute approximate surface area is 210 Å². The molecule has 0 bridgehead atoms. The van der Waals surface area contributed by atoms with Crippen molar-refractivity contribution < 1.29 is 14.3 Å². The molecule has 1 aliphatic rings. The van der Waals surface area contributed by atoms with Gasteiger partial charge in [-0.25, -0.2) is 4.79 Å². The summed E-state index contributed by atoms with van der Waals surface area (Å²) in [6, 6.07) is 20.8. The van der Waals surface area contributed by atoms with Crippen LogP contribution in [-0.2, 0) is 5.41 Å². The molecule has 6 nitrogen and oxygen atoms in total. The van der Waals surface area contributed by atoms with Gasteiger partial charge in [0, 0.05) is 29.8 Å². The largest absolute Gasteiger partial charge is 0.478 e. The van der Waals surface area contributed by atoms with Crippen molar-refractivity contribution >= 4 is 28.5 Å². The fourth-order valence-electron chi connectivity index (χ4n) is 5.25. The predicted molar refractivity (Wildman–Crippen MR) is 143 cm³/mol. The van der Waals surface area contributed by atoms with Gasteiger partial charge in [-0.3, -0.25) is 4.79 Å². The first kappa shape index (κ1) is 23.7. The summed E-state index contributed by atoms with van der Waals surface area (Å²) >= 11 is 0. The summed E-state index contributed by atoms with van der Waals surface area (Å²) in [5.74, 6) is -0.396. The molecule has 2 N–H and O–H groups in total. The van der Waals surface area contributed by atoms with Crippen molar-refractivity contribution in [2.45, 2.75) is 39.2 Å². The molecular formula is C30H30N2O4. The second kappa shape index (κ2) is 8.86. The third-order valence-electron chi connectivity index (χ3n) is 7.20. The molecular weight excluding hydrogens is 452 g/mol. The molecule has 5 rings (SSSR count). The first-order valence-electron chi connectivity index (χ1n) is 12.2. The van der Waals surface area contributed by atoms with Gasteiger partial charge in [0.1, 0.15) is 5.58 Å². The number of aryl methyl sites for hydroxylation is 1. The molecule has 3 aromatic carbocycles. The number of fused-ring (bicyclic) bond motifs is 1. The van der Waals surface area contributed by atoms with Gasteiger partial charge in [0.25, 0.3) is 0 Å². The molecule has 2 heterocycles. The first-order valence-corrected chi connectivity index (χ1v) is 12.2. The van der Waals surface area contributed by atoms with E-state index < -0.39 is 5.97 Å². The van der Waals surface area contributed by atoms with E-state index in [1.165, 1.54) is 5.56 Å². The summed E-state index contributed by atoms with van der Waals surface area (Å²) in [5, 5.41) is 13.4. The molecule has 36 heavy (non-hydrogen) atoms. The van der Waals surface area contributed by atoms with Crippen LogP contribution in [0.2, 0.25) is 0 Å². The van der Waals surface area contributed by atoms with Crippen LogP contribution in [-0.4, -0.2) is 24.2 Å². The number of hydrogen-bond donors (Lipinski definition) is 2. The van der Waals surface area contributed by atoms with E-state index in [2.05, 4.69) is 41.4 Å². The van der Waals surface area contributed by atoms with Crippen LogP contribution in [0.25, 0.3) is 11.0 Å². The van der Waals surface area contributed by atoms with Crippen molar-refractivity contribution in [2.75, 3.05) is 23.3 Å². The van der Waals surface area contributed by atoms with E-state index >= 15 is 0 Å². The molecule has 0 saturated carbocycles. The fraction of sp³-hybridized carbons (Fsp3) is 0.267. The number of benzene rings is 3. The van der Waals surface area contributed by atoms with Crippen LogP contribution >= 0.6 is 0 Å². The highest BCUT2D eigenvalue weighted by Crippen LogP contribution is 2.40. The molecule has 0 spiro atoms. The average Bonchev–Trinajstić information content (AvgIpc) is 2.85. The zero-order valence-corrected chi connectivity index (χ0v) is 21.0. The number of hydrogen-bond acceptors (Lipinski definition) is 5. The van der Waals surface area contributed by atoms with Crippen LogP contribution in [0.5, 0.6) is 0 Å². The van der Waals surface area contributed by atoms with Crippen molar-refractivity contribution in [3.05, 3.63) is 105 Å². The highest BCUT2D eigenvalue weighted by Gasteiger charge is 2.42. The molecule has 0 radical (unpaired) electrons. The van der Waals surface area contributed by atoms with Gasteiger partial charge in [0.05, 0.1) is 22.6 Å². The molecule has 1 atom stereocenters. The number of rotatable bonds is 6. The molecule has 1 fully saturated rings. The normalized spacial score (nSPS) is 15.4. The van der Waals surface area contributed by atoms with E-state index in [0.29, 0.717) is 28.1 Å². The number of carboxylic acid groups (broad SMARTS) is 1. The van der Waals surface area contributed by atoms with Gasteiger partial charge in [-0.1, -0.05) is 55.5 Å². The zero-order chi connectivity index (χ0) is 25.6. The second-order valence-electron chi connectivity index (χ2n) is 10.1. The molecule has 6 heteroatoms. The van der Waals surface area contributed by atoms with Gasteiger partial charge in [0.15, 0.2) is 5.43 Å². The van der Waals surface area contributed by atoms with Gasteiger partial charge in [0.2, 0.25) is 5.88 Å². The van der Waals surface area contributed by atoms with Crippen LogP contribution < -0.4 is 15.6 Å². The van der Waals surface area contributed by atoms with Gasteiger partial charge in [-0.15, -0.1) is 0 Å². The Morgan fingerprint density at radius 2 is 1.72 bits per heavy atom. The summed E-state index contributed by atoms with van der Waals surface area (Å²) in [7, 11) is 0. The number of nitrogens with one attached hydrogen (secondary N) is 1. The highest BCUT2D eigenvalue weighted by molar-refractivity contribution is 5.94. The molecule has 0 amide bonds. The number of anilines is 2. The number of aromatic carboxylic acids is 1. The lowest BCUT2D eigenvalue weighted by molar-refractivity contribution is 0.0698. The number of nitrogens with zero attached hydrogens (tertiary/aromatic N) is 1. The SMILES string of the molecule is Cc1cc(C(C)Nc2ccccc2C(=O)O)c2oc(N3CC(C)(c4ccccc4)C3)c(C)c(=O)c2c1. The number of carbonyl (C=O) groups is 1. The molecule has 184 valence electrons. The molecule has 1 aliphatic heterocycles. The third-order valence-corrected chi connectivity index (χ3v) is 7.20. The van der Waals surface area contributed by atoms with Crippen LogP contribution in [0.15, 0.2) is 75.9 Å². The zero-order valence-electron chi connectivity index (χ0n) is 21.0. The molecule has 1 unspecified atom stereocenters. The fourth-order valence-corrected chi connectivity index (χ4v) is 5.25. The van der Waals surface area contributed by atoms with Crippen LogP contribution in [0.1, 0.15) is 52.5 Å². The predicted octanol–water partition coefficient (Wildman–Crippen LogP) is 6.06. The minimum Gasteiger partial charge on any atom is -0.478 e. The van der Waals surface area contributed by atoms with E-state index in [0.717, 1.165) is 24.2 Å². The Balaban J connectivity index is 1.54. The maximum atomic E-state index is 13.5. The molecule has 4 aromatic rings. The summed E-state index contributed by atoms with van der Waals surface area (Å²) in [6.07, 6.45) is 0. The van der Waals surface area contributed by atoms with Gasteiger partial charge < -0.3 is 19.7 Å². The average molecular weight is 483 g/mol. The number of para-hydroxylation sites is 1.